The number of rotatable bonds is 0. The van der Waals surface area contributed by atoms with Gasteiger partial charge in [0.2, 0.25) is 0 Å². The average molecular weight is 244 g/mol. The summed E-state index contributed by atoms with van der Waals surface area (Å²) in [7, 11) is -0.485. The predicted molar refractivity (Wildman–Crippen MR) is 38.6 cm³/mol. The van der Waals surface area contributed by atoms with Crippen LogP contribution in [0.5, 0.6) is 0 Å². The van der Waals surface area contributed by atoms with Gasteiger partial charge in [-0.05, 0) is 0 Å². The molecule has 1 fully saturated rings. The molecular weight excluding hydrogens is 234 g/mol. The van der Waals surface area contributed by atoms with Gasteiger partial charge in [-0.15, -0.1) is 0 Å². The Morgan fingerprint density at radius 1 is 1.14 bits per heavy atom. The van der Waals surface area contributed by atoms with Crippen molar-refractivity contribution in [2.24, 2.45) is 0 Å². The molecule has 0 atom stereocenters. The van der Waals surface area contributed by atoms with Crippen LogP contribution >= 0.6 is 0 Å². The quantitative estimate of drug-likeness (QED) is 0.556. The summed E-state index contributed by atoms with van der Waals surface area (Å²) < 4.78 is 0. The Labute approximate surface area is 57.3 Å². The van der Waals surface area contributed by atoms with E-state index in [-0.39, 0.29) is 0 Å². The van der Waals surface area contributed by atoms with Gasteiger partial charge in [0.05, 0.1) is 0 Å². The Morgan fingerprint density at radius 2 is 1.57 bits per heavy atom. The van der Waals surface area contributed by atoms with Crippen molar-refractivity contribution in [2.45, 2.75) is 23.0 Å². The third kappa shape index (κ3) is 1.91. The Bertz CT molecular complexity index is 64.1. The molecule has 1 saturated heterocycles. The van der Waals surface area contributed by atoms with Crippen LogP contribution in [0.2, 0.25) is 23.0 Å². The second-order valence-corrected chi connectivity index (χ2v) is 17.4. The van der Waals surface area contributed by atoms with Crippen LogP contribution in [0, 0.1) is 0 Å². The van der Waals surface area contributed by atoms with Crippen LogP contribution in [0.25, 0.3) is 0 Å². The molecule has 0 spiro atoms. The van der Waals surface area contributed by atoms with Gasteiger partial charge in [0.25, 0.3) is 0 Å². The number of hydrogen-bond donors (Lipinski definition) is 0. The minimum atomic E-state index is -0.485. The molecule has 1 rings (SSSR count). The molecule has 0 aromatic carbocycles. The van der Waals surface area contributed by atoms with Crippen LogP contribution in [-0.4, -0.2) is 34.3 Å². The molecule has 1 aliphatic heterocycles. The molecule has 42 valence electrons. The van der Waals surface area contributed by atoms with Crippen molar-refractivity contribution < 1.29 is 0 Å². The van der Waals surface area contributed by atoms with Gasteiger partial charge in [0, 0.05) is 0 Å². The molecular formula is C4H10Se2Si. The van der Waals surface area contributed by atoms with Crippen LogP contribution in [0.15, 0.2) is 0 Å². The van der Waals surface area contributed by atoms with Crippen molar-refractivity contribution in [3.63, 3.8) is 0 Å². The summed E-state index contributed by atoms with van der Waals surface area (Å²) in [6, 6.07) is 0. The Morgan fingerprint density at radius 3 is 1.71 bits per heavy atom. The maximum absolute atomic E-state index is 2.53. The van der Waals surface area contributed by atoms with Crippen LogP contribution in [0.4, 0.5) is 0 Å². The number of hydrogen-bond acceptors (Lipinski definition) is 0. The van der Waals surface area contributed by atoms with Crippen molar-refractivity contribution in [3.8, 4) is 0 Å². The van der Waals surface area contributed by atoms with Gasteiger partial charge in [-0.1, -0.05) is 0 Å². The van der Waals surface area contributed by atoms with Crippen molar-refractivity contribution in [1.29, 1.82) is 0 Å². The first kappa shape index (κ1) is 6.38. The summed E-state index contributed by atoms with van der Waals surface area (Å²) in [6.07, 6.45) is 0. The van der Waals surface area contributed by atoms with Gasteiger partial charge in [-0.25, -0.2) is 0 Å². The predicted octanol–water partition coefficient (Wildman–Crippen LogP) is 0.947. The molecule has 0 aliphatic carbocycles. The van der Waals surface area contributed by atoms with Gasteiger partial charge in [0.1, 0.15) is 0 Å². The van der Waals surface area contributed by atoms with Gasteiger partial charge in [-0.2, -0.15) is 0 Å². The van der Waals surface area contributed by atoms with Crippen LogP contribution in [-0.2, 0) is 0 Å². The molecule has 3 heteroatoms. The molecule has 1 heterocycles. The molecule has 1 aliphatic rings. The fourth-order valence-electron chi connectivity index (χ4n) is 0.444. The van der Waals surface area contributed by atoms with E-state index in [1.165, 1.54) is 0 Å². The van der Waals surface area contributed by atoms with Crippen LogP contribution < -0.4 is 0 Å². The summed E-state index contributed by atoms with van der Waals surface area (Å²) in [5.74, 6) is 0. The standard InChI is InChI=1S/C4H10Se2Si/c1-7(2)3-5-6-4-7/h3-4H2,1-2H3. The Kier molecular flexibility index (Phi) is 2.04. The van der Waals surface area contributed by atoms with Crippen molar-refractivity contribution in [1.82, 2.24) is 0 Å². The van der Waals surface area contributed by atoms with E-state index < -0.39 is 8.07 Å². The van der Waals surface area contributed by atoms with E-state index in [1.54, 1.807) is 9.89 Å². The van der Waals surface area contributed by atoms with Gasteiger partial charge in [-0.3, -0.25) is 0 Å². The van der Waals surface area contributed by atoms with E-state index in [0.717, 1.165) is 26.3 Å². The molecule has 0 unspecified atom stereocenters. The normalized spacial score (nSPS) is 28.3. The second-order valence-electron chi connectivity index (χ2n) is 2.69. The van der Waals surface area contributed by atoms with E-state index in [4.69, 9.17) is 0 Å². The first-order valence-corrected chi connectivity index (χ1v) is 12.6. The van der Waals surface area contributed by atoms with Gasteiger partial charge >= 0.3 is 57.3 Å². The first-order valence-electron chi connectivity index (χ1n) is 2.45. The van der Waals surface area contributed by atoms with E-state index in [1.807, 2.05) is 0 Å². The summed E-state index contributed by atoms with van der Waals surface area (Å²) in [5.41, 5.74) is 0. The molecule has 7 heavy (non-hydrogen) atoms. The molecule has 0 aromatic heterocycles. The Balaban J connectivity index is 2.40. The van der Waals surface area contributed by atoms with Crippen molar-refractivity contribution >= 4 is 34.3 Å². The summed E-state index contributed by atoms with van der Waals surface area (Å²) in [4.78, 5) is 3.36. The molecule has 0 saturated carbocycles. The van der Waals surface area contributed by atoms with Crippen LogP contribution in [0.1, 0.15) is 0 Å². The maximum atomic E-state index is 2.53. The SMILES string of the molecule is C[Si]1(C)C[Se][Se]C1. The topological polar surface area (TPSA) is 0 Å². The Hall–Kier alpha value is 1.26. The molecule has 0 N–H and O–H groups in total. The minimum absolute atomic E-state index is 0.485. The summed E-state index contributed by atoms with van der Waals surface area (Å²) >= 11 is 2.26. The van der Waals surface area contributed by atoms with E-state index in [9.17, 15) is 0 Å². The van der Waals surface area contributed by atoms with Gasteiger partial charge < -0.3 is 0 Å². The molecule has 0 aromatic rings. The second kappa shape index (κ2) is 2.24. The van der Waals surface area contributed by atoms with E-state index in [2.05, 4.69) is 13.1 Å². The monoisotopic (exact) mass is 246 g/mol. The third-order valence-corrected chi connectivity index (χ3v) is 24.0. The van der Waals surface area contributed by atoms with E-state index >= 15 is 0 Å². The summed E-state index contributed by atoms with van der Waals surface area (Å²) in [6.45, 7) is 5.06. The summed E-state index contributed by atoms with van der Waals surface area (Å²) in [5, 5.41) is 0. The average Bonchev–Trinajstić information content (AvgIpc) is 1.84. The molecule has 0 amide bonds. The van der Waals surface area contributed by atoms with Crippen LogP contribution in [0.3, 0.4) is 0 Å². The van der Waals surface area contributed by atoms with Crippen molar-refractivity contribution in [3.05, 3.63) is 0 Å². The molecule has 0 nitrogen and oxygen atoms in total. The van der Waals surface area contributed by atoms with E-state index in [0.29, 0.717) is 0 Å². The zero-order chi connectivity index (χ0) is 5.33. The fourth-order valence-corrected chi connectivity index (χ4v) is 36.0. The zero-order valence-corrected chi connectivity index (χ0v) is 9.16. The zero-order valence-electron chi connectivity index (χ0n) is 4.73. The fraction of sp³-hybridized carbons (Fsp3) is 1.00. The molecule has 0 radical (unpaired) electrons. The first-order chi connectivity index (χ1) is 3.21. The third-order valence-electron chi connectivity index (χ3n) is 0.983. The van der Waals surface area contributed by atoms with Gasteiger partial charge in [0.15, 0.2) is 0 Å². The van der Waals surface area contributed by atoms with Crippen molar-refractivity contribution in [2.75, 3.05) is 0 Å². The molecule has 0 bridgehead atoms.